The summed E-state index contributed by atoms with van der Waals surface area (Å²) in [6, 6.07) is 17.6. The van der Waals surface area contributed by atoms with Gasteiger partial charge in [-0.2, -0.15) is 4.98 Å². The van der Waals surface area contributed by atoms with Gasteiger partial charge in [-0.1, -0.05) is 47.6 Å². The van der Waals surface area contributed by atoms with Gasteiger partial charge in [0.15, 0.2) is 0 Å². The summed E-state index contributed by atoms with van der Waals surface area (Å²) in [6.45, 7) is 1.76. The molecule has 0 aliphatic carbocycles. The van der Waals surface area contributed by atoms with E-state index in [1.807, 2.05) is 42.5 Å². The van der Waals surface area contributed by atoms with Gasteiger partial charge in [0.25, 0.3) is 0 Å². The van der Waals surface area contributed by atoms with Crippen LogP contribution in [0.3, 0.4) is 0 Å². The Bertz CT molecular complexity index is 936. The molecule has 2 amide bonds. The number of amides is 2. The van der Waals surface area contributed by atoms with Crippen molar-refractivity contribution in [2.24, 2.45) is 0 Å². The minimum Gasteiger partial charge on any atom is -0.496 e. The van der Waals surface area contributed by atoms with E-state index in [0.29, 0.717) is 37.1 Å². The third-order valence-corrected chi connectivity index (χ3v) is 4.84. The van der Waals surface area contributed by atoms with E-state index in [1.54, 1.807) is 12.0 Å². The summed E-state index contributed by atoms with van der Waals surface area (Å²) in [5.74, 6) is 1.81. The van der Waals surface area contributed by atoms with Crippen molar-refractivity contribution < 1.29 is 14.1 Å². The molecule has 1 saturated heterocycles. The fourth-order valence-corrected chi connectivity index (χ4v) is 3.21. The zero-order valence-electron chi connectivity index (χ0n) is 15.7. The first kappa shape index (κ1) is 18.0. The fraction of sp³-hybridized carbons (Fsp3) is 0.286. The summed E-state index contributed by atoms with van der Waals surface area (Å²) in [7, 11) is 1.61. The monoisotopic (exact) mass is 378 g/mol. The van der Waals surface area contributed by atoms with Gasteiger partial charge < -0.3 is 19.5 Å². The topological polar surface area (TPSA) is 80.5 Å². The second kappa shape index (κ2) is 8.12. The molecule has 1 aromatic heterocycles. The Hall–Kier alpha value is -3.35. The molecule has 0 spiro atoms. The smallest absolute Gasteiger partial charge is 0.317 e. The largest absolute Gasteiger partial charge is 0.496 e. The summed E-state index contributed by atoms with van der Waals surface area (Å²) in [5, 5.41) is 7.02. The Morgan fingerprint density at radius 1 is 1.18 bits per heavy atom. The first-order chi connectivity index (χ1) is 13.7. The Morgan fingerprint density at radius 3 is 2.71 bits per heavy atom. The number of aromatic nitrogens is 2. The van der Waals surface area contributed by atoms with Crippen molar-refractivity contribution in [1.29, 1.82) is 0 Å². The molecule has 0 bridgehead atoms. The number of urea groups is 1. The molecule has 1 aliphatic heterocycles. The Kier molecular flexibility index (Phi) is 5.23. The predicted octanol–water partition coefficient (Wildman–Crippen LogP) is 3.10. The van der Waals surface area contributed by atoms with E-state index in [4.69, 9.17) is 9.26 Å². The lowest BCUT2D eigenvalue weighted by molar-refractivity contribution is 0.137. The molecular weight excluding hydrogens is 356 g/mol. The number of ether oxygens (including phenoxy) is 1. The molecule has 7 nitrogen and oxygen atoms in total. The van der Waals surface area contributed by atoms with Crippen LogP contribution in [-0.2, 0) is 6.42 Å². The minimum absolute atomic E-state index is 0.0587. The summed E-state index contributed by atoms with van der Waals surface area (Å²) < 4.78 is 10.8. The molecule has 0 saturated carbocycles. The van der Waals surface area contributed by atoms with Crippen LogP contribution in [0, 0.1) is 0 Å². The number of carbonyl (C=O) groups is 1. The number of carbonyl (C=O) groups excluding carboxylic acids is 1. The van der Waals surface area contributed by atoms with Crippen molar-refractivity contribution in [3.05, 3.63) is 66.1 Å². The highest BCUT2D eigenvalue weighted by Gasteiger charge is 2.35. The van der Waals surface area contributed by atoms with Crippen molar-refractivity contribution in [3.63, 3.8) is 0 Å². The average Bonchev–Trinajstić information content (AvgIpc) is 3.17. The molecule has 2 heterocycles. The van der Waals surface area contributed by atoms with E-state index in [9.17, 15) is 4.79 Å². The molecule has 0 unspecified atom stereocenters. The van der Waals surface area contributed by atoms with Crippen molar-refractivity contribution in [1.82, 2.24) is 20.4 Å². The third-order valence-electron chi connectivity index (χ3n) is 4.84. The normalized spacial score (nSPS) is 13.8. The number of nitrogens with zero attached hydrogens (tertiary/aromatic N) is 3. The average molecular weight is 378 g/mol. The SMILES string of the molecule is COc1ccccc1-c1noc(C2CN(C(=O)NCCc3ccccc3)C2)n1. The molecule has 7 heteroatoms. The predicted molar refractivity (Wildman–Crippen MR) is 104 cm³/mol. The fourth-order valence-electron chi connectivity index (χ4n) is 3.21. The Balaban J connectivity index is 1.28. The molecule has 1 N–H and O–H groups in total. The van der Waals surface area contributed by atoms with Crippen molar-refractivity contribution in [3.8, 4) is 17.1 Å². The molecule has 28 heavy (non-hydrogen) atoms. The Morgan fingerprint density at radius 2 is 1.93 bits per heavy atom. The summed E-state index contributed by atoms with van der Waals surface area (Å²) >= 11 is 0. The number of nitrogens with one attached hydrogen (secondary N) is 1. The van der Waals surface area contributed by atoms with Crippen LogP contribution < -0.4 is 10.1 Å². The lowest BCUT2D eigenvalue weighted by Gasteiger charge is -2.36. The van der Waals surface area contributed by atoms with Gasteiger partial charge in [0, 0.05) is 19.6 Å². The molecule has 144 valence electrons. The van der Waals surface area contributed by atoms with Gasteiger partial charge in [0.2, 0.25) is 11.7 Å². The van der Waals surface area contributed by atoms with Gasteiger partial charge in [-0.05, 0) is 24.1 Å². The highest BCUT2D eigenvalue weighted by Crippen LogP contribution is 2.31. The number of rotatable bonds is 6. The molecule has 0 radical (unpaired) electrons. The maximum atomic E-state index is 12.2. The van der Waals surface area contributed by atoms with Gasteiger partial charge in [0.1, 0.15) is 5.75 Å². The van der Waals surface area contributed by atoms with E-state index >= 15 is 0 Å². The molecule has 3 aromatic rings. The highest BCUT2D eigenvalue weighted by molar-refractivity contribution is 5.75. The first-order valence-corrected chi connectivity index (χ1v) is 9.28. The molecule has 2 aromatic carbocycles. The quantitative estimate of drug-likeness (QED) is 0.713. The zero-order valence-corrected chi connectivity index (χ0v) is 15.7. The molecule has 4 rings (SSSR count). The van der Waals surface area contributed by atoms with Crippen molar-refractivity contribution in [2.45, 2.75) is 12.3 Å². The standard InChI is InChI=1S/C21H22N4O3/c1-27-18-10-6-5-9-17(18)19-23-20(28-24-19)16-13-25(14-16)21(26)22-12-11-15-7-3-2-4-8-15/h2-10,16H,11-14H2,1H3,(H,22,26). The minimum atomic E-state index is -0.0587. The van der Waals surface area contributed by atoms with Gasteiger partial charge in [-0.15, -0.1) is 0 Å². The Labute approximate surface area is 163 Å². The van der Waals surface area contributed by atoms with Crippen LogP contribution in [0.5, 0.6) is 5.75 Å². The maximum absolute atomic E-state index is 12.2. The van der Waals surface area contributed by atoms with E-state index < -0.39 is 0 Å². The number of methoxy groups -OCH3 is 1. The molecule has 1 fully saturated rings. The molecule has 1 aliphatic rings. The second-order valence-electron chi connectivity index (χ2n) is 6.73. The van der Waals surface area contributed by atoms with Crippen LogP contribution in [0.15, 0.2) is 59.1 Å². The van der Waals surface area contributed by atoms with Crippen LogP contribution in [0.1, 0.15) is 17.4 Å². The zero-order chi connectivity index (χ0) is 19.3. The highest BCUT2D eigenvalue weighted by atomic mass is 16.5. The number of benzene rings is 2. The van der Waals surface area contributed by atoms with Gasteiger partial charge >= 0.3 is 6.03 Å². The molecule has 0 atom stereocenters. The number of likely N-dealkylation sites (tertiary alicyclic amines) is 1. The number of para-hydroxylation sites is 1. The molecular formula is C21H22N4O3. The van der Waals surface area contributed by atoms with Crippen LogP contribution in [0.2, 0.25) is 0 Å². The van der Waals surface area contributed by atoms with Crippen molar-refractivity contribution >= 4 is 6.03 Å². The van der Waals surface area contributed by atoms with Crippen molar-refractivity contribution in [2.75, 3.05) is 26.7 Å². The third kappa shape index (κ3) is 3.83. The van der Waals surface area contributed by atoms with Crippen LogP contribution in [-0.4, -0.2) is 47.8 Å². The van der Waals surface area contributed by atoms with Crippen LogP contribution in [0.4, 0.5) is 4.79 Å². The van der Waals surface area contributed by atoms with E-state index in [2.05, 4.69) is 27.6 Å². The second-order valence-corrected chi connectivity index (χ2v) is 6.73. The number of hydrogen-bond donors (Lipinski definition) is 1. The van der Waals surface area contributed by atoms with Gasteiger partial charge in [-0.3, -0.25) is 0 Å². The lowest BCUT2D eigenvalue weighted by atomic mass is 10.0. The van der Waals surface area contributed by atoms with E-state index in [1.165, 1.54) is 5.56 Å². The first-order valence-electron chi connectivity index (χ1n) is 9.28. The summed E-state index contributed by atoms with van der Waals surface area (Å²) in [4.78, 5) is 18.5. The summed E-state index contributed by atoms with van der Waals surface area (Å²) in [6.07, 6.45) is 0.815. The van der Waals surface area contributed by atoms with Crippen LogP contribution >= 0.6 is 0 Å². The van der Waals surface area contributed by atoms with Crippen LogP contribution in [0.25, 0.3) is 11.4 Å². The van der Waals surface area contributed by atoms with Gasteiger partial charge in [-0.25, -0.2) is 4.79 Å². The maximum Gasteiger partial charge on any atom is 0.317 e. The lowest BCUT2D eigenvalue weighted by Crippen LogP contribution is -2.52. The van der Waals surface area contributed by atoms with E-state index in [0.717, 1.165) is 12.0 Å². The van der Waals surface area contributed by atoms with E-state index in [-0.39, 0.29) is 11.9 Å². The summed E-state index contributed by atoms with van der Waals surface area (Å²) in [5.41, 5.74) is 1.99. The van der Waals surface area contributed by atoms with Gasteiger partial charge in [0.05, 0.1) is 18.6 Å². The number of hydrogen-bond acceptors (Lipinski definition) is 5.